The summed E-state index contributed by atoms with van der Waals surface area (Å²) in [5.74, 6) is 0.651. The molecule has 1 atom stereocenters. The third-order valence-electron chi connectivity index (χ3n) is 5.64. The molecule has 4 rings (SSSR count). The van der Waals surface area contributed by atoms with Gasteiger partial charge in [0.25, 0.3) is 0 Å². The third-order valence-corrected chi connectivity index (χ3v) is 5.64. The minimum atomic E-state index is -0.487. The first-order chi connectivity index (χ1) is 16.0. The number of hydrogen-bond donors (Lipinski definition) is 2. The van der Waals surface area contributed by atoms with Gasteiger partial charge in [0.2, 0.25) is 11.9 Å². The van der Waals surface area contributed by atoms with Gasteiger partial charge in [0.05, 0.1) is 17.1 Å². The van der Waals surface area contributed by atoms with E-state index >= 15 is 0 Å². The average Bonchev–Trinajstić information content (AvgIpc) is 3.15. The number of benzene rings is 1. The molecule has 1 aliphatic heterocycles. The number of rotatable bonds is 6. The smallest absolute Gasteiger partial charge is 0.248 e. The summed E-state index contributed by atoms with van der Waals surface area (Å²) in [6.07, 6.45) is 7.23. The number of allylic oxidation sites excluding steroid dienone is 1. The number of aliphatic hydroxyl groups excluding tert-OH is 1. The zero-order chi connectivity index (χ0) is 23.4. The van der Waals surface area contributed by atoms with Gasteiger partial charge >= 0.3 is 0 Å². The number of hydrogen-bond acceptors (Lipinski definition) is 6. The topological polar surface area (TPSA) is 96.2 Å². The second-order valence-corrected chi connectivity index (χ2v) is 7.96. The first-order valence-electron chi connectivity index (χ1n) is 11.0. The number of halogens is 1. The molecule has 0 bridgehead atoms. The number of anilines is 1. The molecule has 3 heterocycles. The minimum Gasteiger partial charge on any atom is -0.387 e. The summed E-state index contributed by atoms with van der Waals surface area (Å²) in [4.78, 5) is 27.4. The van der Waals surface area contributed by atoms with Crippen molar-refractivity contribution in [3.05, 3.63) is 54.2 Å². The van der Waals surface area contributed by atoms with Crippen LogP contribution in [0.25, 0.3) is 28.8 Å². The van der Waals surface area contributed by atoms with Crippen molar-refractivity contribution in [1.82, 2.24) is 24.4 Å². The summed E-state index contributed by atoms with van der Waals surface area (Å²) in [6.45, 7) is 4.48. The molecule has 2 N–H and O–H groups in total. The average molecular weight is 451 g/mol. The molecule has 8 nitrogen and oxygen atoms in total. The Bertz CT molecular complexity index is 1160. The van der Waals surface area contributed by atoms with E-state index in [9.17, 15) is 9.18 Å². The van der Waals surface area contributed by atoms with Gasteiger partial charge < -0.3 is 19.9 Å². The van der Waals surface area contributed by atoms with Crippen molar-refractivity contribution in [2.75, 3.05) is 25.0 Å². The first kappa shape index (κ1) is 22.6. The molecule has 33 heavy (non-hydrogen) atoms. The van der Waals surface area contributed by atoms with Crippen molar-refractivity contribution in [2.45, 2.75) is 32.7 Å². The van der Waals surface area contributed by atoms with Crippen LogP contribution in [0.1, 0.15) is 25.6 Å². The number of aliphatic hydroxyl groups is 1. The first-order valence-corrected chi connectivity index (χ1v) is 11.0. The lowest BCUT2D eigenvalue weighted by Gasteiger charge is -2.32. The lowest BCUT2D eigenvalue weighted by Crippen LogP contribution is -2.46. The van der Waals surface area contributed by atoms with E-state index in [1.165, 1.54) is 12.1 Å². The van der Waals surface area contributed by atoms with Crippen LogP contribution in [0.4, 0.5) is 10.3 Å². The largest absolute Gasteiger partial charge is 0.387 e. The molecule has 3 aromatic rings. The normalized spacial score (nSPS) is 16.4. The number of nitrogens with one attached hydrogen (secondary N) is 1. The zero-order valence-electron chi connectivity index (χ0n) is 18.7. The quantitative estimate of drug-likeness (QED) is 0.598. The summed E-state index contributed by atoms with van der Waals surface area (Å²) >= 11 is 0. The molecule has 0 aliphatic carbocycles. The van der Waals surface area contributed by atoms with E-state index in [2.05, 4.69) is 10.3 Å². The van der Waals surface area contributed by atoms with Gasteiger partial charge in [0.15, 0.2) is 0 Å². The van der Waals surface area contributed by atoms with Gasteiger partial charge in [-0.15, -0.1) is 0 Å². The Balaban J connectivity index is 1.68. The van der Waals surface area contributed by atoms with Gasteiger partial charge in [0.1, 0.15) is 18.2 Å². The molecule has 1 saturated heterocycles. The van der Waals surface area contributed by atoms with Crippen molar-refractivity contribution >= 4 is 18.1 Å². The van der Waals surface area contributed by atoms with E-state index < -0.39 is 6.61 Å². The number of carbonyl (C=O) groups excluding carboxylic acids is 1. The number of aromatic nitrogens is 4. The molecule has 0 radical (unpaired) electrons. The van der Waals surface area contributed by atoms with Crippen LogP contribution in [0.3, 0.4) is 0 Å². The lowest BCUT2D eigenvalue weighted by molar-refractivity contribution is -0.135. The number of likely N-dealkylation sites (tertiary alicyclic amines) is 1. The number of carbonyl (C=O) groups is 1. The molecule has 1 aromatic carbocycles. The van der Waals surface area contributed by atoms with E-state index in [0.717, 1.165) is 29.9 Å². The maximum atomic E-state index is 13.5. The summed E-state index contributed by atoms with van der Waals surface area (Å²) < 4.78 is 15.5. The fourth-order valence-electron chi connectivity index (χ4n) is 4.09. The molecule has 0 unspecified atom stereocenters. The molecule has 2 aromatic heterocycles. The molecule has 1 amide bonds. The number of nitrogens with zero attached hydrogens (tertiary/aromatic N) is 5. The molecule has 9 heteroatoms. The highest BCUT2D eigenvalue weighted by atomic mass is 19.1. The highest BCUT2D eigenvalue weighted by Crippen LogP contribution is 2.32. The van der Waals surface area contributed by atoms with Crippen LogP contribution in [-0.2, 0) is 4.79 Å². The Kier molecular flexibility index (Phi) is 6.79. The second-order valence-electron chi connectivity index (χ2n) is 7.96. The van der Waals surface area contributed by atoms with Crippen molar-refractivity contribution < 1.29 is 14.3 Å². The number of piperidine rings is 1. The highest BCUT2D eigenvalue weighted by Gasteiger charge is 2.24. The molecule has 1 fully saturated rings. The van der Waals surface area contributed by atoms with Gasteiger partial charge in [-0.2, -0.15) is 0 Å². The van der Waals surface area contributed by atoms with Crippen molar-refractivity contribution in [1.29, 1.82) is 0 Å². The lowest BCUT2D eigenvalue weighted by atomic mass is 10.1. The SMILES string of the molecule is C/C=C\n1c(C)nc(-c2ccc(F)cc2)c1-c1ccnc(N[C@@H]2CCCN(C(=O)CO)C2)n1. The van der Waals surface area contributed by atoms with Crippen LogP contribution in [0.2, 0.25) is 0 Å². The zero-order valence-corrected chi connectivity index (χ0v) is 18.7. The van der Waals surface area contributed by atoms with Gasteiger partial charge in [-0.25, -0.2) is 19.3 Å². The molecule has 1 aliphatic rings. The van der Waals surface area contributed by atoms with E-state index in [1.54, 1.807) is 23.2 Å². The fraction of sp³-hybridized carbons (Fsp3) is 0.333. The van der Waals surface area contributed by atoms with Gasteiger partial charge in [-0.1, -0.05) is 6.08 Å². The van der Waals surface area contributed by atoms with Crippen LogP contribution < -0.4 is 5.32 Å². The Morgan fingerprint density at radius 2 is 2.06 bits per heavy atom. The summed E-state index contributed by atoms with van der Waals surface area (Å²) in [5, 5.41) is 12.5. The predicted octanol–water partition coefficient (Wildman–Crippen LogP) is 3.34. The Morgan fingerprint density at radius 1 is 1.27 bits per heavy atom. The predicted molar refractivity (Wildman–Crippen MR) is 125 cm³/mol. The Labute approximate surface area is 191 Å². The monoisotopic (exact) mass is 450 g/mol. The van der Waals surface area contributed by atoms with Gasteiger partial charge in [-0.3, -0.25) is 4.79 Å². The van der Waals surface area contributed by atoms with Crippen molar-refractivity contribution in [3.63, 3.8) is 0 Å². The summed E-state index contributed by atoms with van der Waals surface area (Å²) in [6, 6.07) is 8.04. The van der Waals surface area contributed by atoms with Crippen LogP contribution in [0, 0.1) is 12.7 Å². The number of amides is 1. The van der Waals surface area contributed by atoms with Crippen LogP contribution in [-0.4, -0.2) is 61.2 Å². The van der Waals surface area contributed by atoms with E-state index in [0.29, 0.717) is 30.4 Å². The summed E-state index contributed by atoms with van der Waals surface area (Å²) in [5.41, 5.74) is 2.94. The second kappa shape index (κ2) is 9.91. The Hall–Kier alpha value is -3.59. The van der Waals surface area contributed by atoms with Crippen molar-refractivity contribution in [3.8, 4) is 22.6 Å². The van der Waals surface area contributed by atoms with Gasteiger partial charge in [0, 0.05) is 37.1 Å². The molecule has 0 saturated carbocycles. The number of imidazole rings is 1. The Morgan fingerprint density at radius 3 is 2.79 bits per heavy atom. The van der Waals surface area contributed by atoms with Crippen LogP contribution in [0.15, 0.2) is 42.6 Å². The fourth-order valence-corrected chi connectivity index (χ4v) is 4.09. The maximum Gasteiger partial charge on any atom is 0.248 e. The van der Waals surface area contributed by atoms with E-state index in [1.807, 2.05) is 36.8 Å². The molecule has 0 spiro atoms. The molecular formula is C24H27FN6O2. The minimum absolute atomic E-state index is 0.0109. The summed E-state index contributed by atoms with van der Waals surface area (Å²) in [7, 11) is 0. The van der Waals surface area contributed by atoms with Crippen LogP contribution in [0.5, 0.6) is 0 Å². The van der Waals surface area contributed by atoms with Gasteiger partial charge in [-0.05, 0) is 57.0 Å². The maximum absolute atomic E-state index is 13.5. The standard InChI is InChI=1S/C24H27FN6O2/c1-3-12-31-16(2)27-22(17-6-8-18(25)9-7-17)23(31)20-10-11-26-24(29-20)28-19-5-4-13-30(14-19)21(33)15-32/h3,6-12,19,32H,4-5,13-15H2,1-2H3,(H,26,28,29)/b12-3-/t19-/m1/s1. The van der Waals surface area contributed by atoms with E-state index in [-0.39, 0.29) is 17.8 Å². The van der Waals surface area contributed by atoms with E-state index in [4.69, 9.17) is 15.1 Å². The highest BCUT2D eigenvalue weighted by molar-refractivity contribution is 5.79. The number of aryl methyl sites for hydroxylation is 1. The molecule has 172 valence electrons. The third kappa shape index (κ3) is 4.93. The van der Waals surface area contributed by atoms with Crippen molar-refractivity contribution in [2.24, 2.45) is 0 Å². The van der Waals surface area contributed by atoms with Crippen LogP contribution >= 0.6 is 0 Å². The molecular weight excluding hydrogens is 423 g/mol.